The Balaban J connectivity index is 0.00000144. The molecule has 94 valence electrons. The van der Waals surface area contributed by atoms with Crippen molar-refractivity contribution in [3.63, 3.8) is 0 Å². The highest BCUT2D eigenvalue weighted by Crippen LogP contribution is 2.10. The molecule has 0 fully saturated rings. The standard InChI is InChI=1S/C12H16N2OS.ClH/c1-10-9-16-12(14-10)5-2-6-13-8-11-4-3-7-15-11;/h3-4,7,9,13H,2,5-6,8H2,1H3;1H. The number of nitrogens with zero attached hydrogens (tertiary/aromatic N) is 1. The number of halogens is 1. The van der Waals surface area contributed by atoms with Crippen LogP contribution in [0.15, 0.2) is 28.2 Å². The lowest BCUT2D eigenvalue weighted by Crippen LogP contribution is -2.14. The number of nitrogens with one attached hydrogen (secondary N) is 1. The SMILES string of the molecule is Cc1csc(CCCNCc2ccco2)n1.Cl. The number of hydrogen-bond acceptors (Lipinski definition) is 4. The molecule has 0 radical (unpaired) electrons. The van der Waals surface area contributed by atoms with E-state index < -0.39 is 0 Å². The fourth-order valence-corrected chi connectivity index (χ4v) is 2.33. The van der Waals surface area contributed by atoms with Gasteiger partial charge in [-0.1, -0.05) is 0 Å². The van der Waals surface area contributed by atoms with Crippen molar-refractivity contribution in [2.45, 2.75) is 26.3 Å². The van der Waals surface area contributed by atoms with E-state index in [2.05, 4.69) is 15.7 Å². The smallest absolute Gasteiger partial charge is 0.117 e. The van der Waals surface area contributed by atoms with Gasteiger partial charge in [-0.3, -0.25) is 0 Å². The van der Waals surface area contributed by atoms with Gasteiger partial charge in [0.1, 0.15) is 5.76 Å². The van der Waals surface area contributed by atoms with Crippen LogP contribution in [-0.4, -0.2) is 11.5 Å². The Kier molecular flexibility index (Phi) is 6.26. The van der Waals surface area contributed by atoms with Crippen LogP contribution in [0.5, 0.6) is 0 Å². The summed E-state index contributed by atoms with van der Waals surface area (Å²) < 4.78 is 5.23. The Labute approximate surface area is 112 Å². The molecular formula is C12H17ClN2OS. The summed E-state index contributed by atoms with van der Waals surface area (Å²) in [6.07, 6.45) is 3.88. The van der Waals surface area contributed by atoms with Gasteiger partial charge < -0.3 is 9.73 Å². The van der Waals surface area contributed by atoms with Crippen LogP contribution in [0.4, 0.5) is 0 Å². The van der Waals surface area contributed by atoms with E-state index in [-0.39, 0.29) is 12.4 Å². The maximum atomic E-state index is 5.23. The molecule has 0 amide bonds. The lowest BCUT2D eigenvalue weighted by molar-refractivity contribution is 0.481. The molecule has 3 nitrogen and oxygen atoms in total. The van der Waals surface area contributed by atoms with Crippen LogP contribution < -0.4 is 5.32 Å². The maximum Gasteiger partial charge on any atom is 0.117 e. The van der Waals surface area contributed by atoms with E-state index >= 15 is 0 Å². The third kappa shape index (κ3) is 4.89. The van der Waals surface area contributed by atoms with Gasteiger partial charge >= 0.3 is 0 Å². The predicted octanol–water partition coefficient (Wildman–Crippen LogP) is 3.19. The molecule has 5 heteroatoms. The molecule has 0 aliphatic carbocycles. The highest BCUT2D eigenvalue weighted by molar-refractivity contribution is 7.09. The highest BCUT2D eigenvalue weighted by Gasteiger charge is 1.98. The fourth-order valence-electron chi connectivity index (χ4n) is 1.51. The first kappa shape index (κ1) is 14.2. The van der Waals surface area contributed by atoms with Crippen molar-refractivity contribution in [1.29, 1.82) is 0 Å². The lowest BCUT2D eigenvalue weighted by Gasteiger charge is -2.00. The Bertz CT molecular complexity index is 414. The number of hydrogen-bond donors (Lipinski definition) is 1. The third-order valence-corrected chi connectivity index (χ3v) is 3.32. The Hall–Kier alpha value is -0.840. The minimum absolute atomic E-state index is 0. The molecule has 0 aliphatic heterocycles. The van der Waals surface area contributed by atoms with E-state index in [1.807, 2.05) is 19.1 Å². The zero-order valence-electron chi connectivity index (χ0n) is 9.81. The summed E-state index contributed by atoms with van der Waals surface area (Å²) in [6, 6.07) is 3.90. The second kappa shape index (κ2) is 7.48. The normalized spacial score (nSPS) is 10.2. The van der Waals surface area contributed by atoms with Crippen LogP contribution in [0.3, 0.4) is 0 Å². The van der Waals surface area contributed by atoms with Gasteiger partial charge in [-0.15, -0.1) is 23.7 Å². The zero-order valence-corrected chi connectivity index (χ0v) is 11.4. The van der Waals surface area contributed by atoms with Gasteiger partial charge in [0.05, 0.1) is 17.8 Å². The largest absolute Gasteiger partial charge is 0.468 e. The molecule has 2 rings (SSSR count). The molecule has 0 saturated heterocycles. The second-order valence-electron chi connectivity index (χ2n) is 3.74. The number of thiazole rings is 1. The molecule has 0 spiro atoms. The second-order valence-corrected chi connectivity index (χ2v) is 4.68. The maximum absolute atomic E-state index is 5.23. The summed E-state index contributed by atoms with van der Waals surface area (Å²) in [6.45, 7) is 3.85. The molecule has 1 N–H and O–H groups in total. The van der Waals surface area contributed by atoms with E-state index in [0.717, 1.165) is 37.4 Å². The van der Waals surface area contributed by atoms with Crippen molar-refractivity contribution in [2.75, 3.05) is 6.54 Å². The molecular weight excluding hydrogens is 256 g/mol. The van der Waals surface area contributed by atoms with Gasteiger partial charge in [0.25, 0.3) is 0 Å². The zero-order chi connectivity index (χ0) is 11.2. The van der Waals surface area contributed by atoms with E-state index in [9.17, 15) is 0 Å². The van der Waals surface area contributed by atoms with Crippen LogP contribution in [0.1, 0.15) is 22.9 Å². The Morgan fingerprint density at radius 2 is 2.35 bits per heavy atom. The molecule has 2 aromatic rings. The summed E-state index contributed by atoms with van der Waals surface area (Å²) in [5, 5.41) is 6.68. The molecule has 0 atom stereocenters. The van der Waals surface area contributed by atoms with Crippen molar-refractivity contribution >= 4 is 23.7 Å². The summed E-state index contributed by atoms with van der Waals surface area (Å²) in [5.41, 5.74) is 1.13. The molecule has 0 aromatic carbocycles. The fraction of sp³-hybridized carbons (Fsp3) is 0.417. The van der Waals surface area contributed by atoms with Crippen LogP contribution in [0.2, 0.25) is 0 Å². The molecule has 0 bridgehead atoms. The average Bonchev–Trinajstić information content (AvgIpc) is 2.89. The molecule has 17 heavy (non-hydrogen) atoms. The Morgan fingerprint density at radius 1 is 1.47 bits per heavy atom. The van der Waals surface area contributed by atoms with Crippen molar-refractivity contribution in [3.05, 3.63) is 40.2 Å². The van der Waals surface area contributed by atoms with Gasteiger partial charge in [-0.05, 0) is 32.0 Å². The number of aryl methyl sites for hydroxylation is 2. The molecule has 0 unspecified atom stereocenters. The Morgan fingerprint density at radius 3 is 3.00 bits per heavy atom. The van der Waals surface area contributed by atoms with E-state index in [1.54, 1.807) is 17.6 Å². The first-order chi connectivity index (χ1) is 7.84. The number of furan rings is 1. The first-order valence-electron chi connectivity index (χ1n) is 5.49. The van der Waals surface area contributed by atoms with Gasteiger partial charge in [0.15, 0.2) is 0 Å². The van der Waals surface area contributed by atoms with Crippen LogP contribution in [0, 0.1) is 6.92 Å². The van der Waals surface area contributed by atoms with E-state index in [4.69, 9.17) is 4.42 Å². The van der Waals surface area contributed by atoms with Gasteiger partial charge in [-0.25, -0.2) is 4.98 Å². The molecule has 2 heterocycles. The van der Waals surface area contributed by atoms with E-state index in [0.29, 0.717) is 0 Å². The topological polar surface area (TPSA) is 38.1 Å². The van der Waals surface area contributed by atoms with Crippen LogP contribution in [-0.2, 0) is 13.0 Å². The average molecular weight is 273 g/mol. The number of aromatic nitrogens is 1. The van der Waals surface area contributed by atoms with Crippen molar-refractivity contribution in [1.82, 2.24) is 10.3 Å². The van der Waals surface area contributed by atoms with Crippen molar-refractivity contribution < 1.29 is 4.42 Å². The van der Waals surface area contributed by atoms with Gasteiger partial charge in [0.2, 0.25) is 0 Å². The van der Waals surface area contributed by atoms with E-state index in [1.165, 1.54) is 5.01 Å². The monoisotopic (exact) mass is 272 g/mol. The summed E-state index contributed by atoms with van der Waals surface area (Å²) in [4.78, 5) is 4.43. The van der Waals surface area contributed by atoms with Gasteiger partial charge in [-0.2, -0.15) is 0 Å². The predicted molar refractivity (Wildman–Crippen MR) is 72.8 cm³/mol. The third-order valence-electron chi connectivity index (χ3n) is 2.29. The van der Waals surface area contributed by atoms with Crippen LogP contribution in [0.25, 0.3) is 0 Å². The minimum Gasteiger partial charge on any atom is -0.468 e. The summed E-state index contributed by atoms with van der Waals surface area (Å²) in [7, 11) is 0. The van der Waals surface area contributed by atoms with Crippen molar-refractivity contribution in [2.24, 2.45) is 0 Å². The summed E-state index contributed by atoms with van der Waals surface area (Å²) >= 11 is 1.75. The lowest BCUT2D eigenvalue weighted by atomic mass is 10.3. The molecule has 0 saturated carbocycles. The molecule has 2 aromatic heterocycles. The number of rotatable bonds is 6. The quantitative estimate of drug-likeness (QED) is 0.821. The first-order valence-corrected chi connectivity index (χ1v) is 6.36. The summed E-state index contributed by atoms with van der Waals surface area (Å²) in [5.74, 6) is 0.991. The minimum atomic E-state index is 0. The van der Waals surface area contributed by atoms with Crippen LogP contribution >= 0.6 is 23.7 Å². The van der Waals surface area contributed by atoms with Gasteiger partial charge in [0, 0.05) is 17.5 Å². The molecule has 0 aliphatic rings. The highest BCUT2D eigenvalue weighted by atomic mass is 35.5. The van der Waals surface area contributed by atoms with Crippen molar-refractivity contribution in [3.8, 4) is 0 Å².